The average molecular weight is 272 g/mol. The van der Waals surface area contributed by atoms with Crippen molar-refractivity contribution in [1.29, 1.82) is 0 Å². The van der Waals surface area contributed by atoms with Gasteiger partial charge in [-0.05, 0) is 13.8 Å². The molecule has 0 fully saturated rings. The summed E-state index contributed by atoms with van der Waals surface area (Å²) in [6, 6.07) is 2.45. The first-order valence-electron chi connectivity index (χ1n) is 5.95. The minimum atomic E-state index is -1.40. The second-order valence-corrected chi connectivity index (χ2v) is 11.5. The largest absolute Gasteiger partial charge is 0.507 e. The molecule has 0 atom stereocenters. The lowest BCUT2D eigenvalue weighted by atomic mass is 10.4. The van der Waals surface area contributed by atoms with Crippen molar-refractivity contribution in [2.24, 2.45) is 0 Å². The van der Waals surface area contributed by atoms with Crippen LogP contribution in [-0.2, 0) is 9.47 Å². The van der Waals surface area contributed by atoms with Crippen LogP contribution in [0, 0.1) is 0 Å². The molecule has 0 unspecified atom stereocenters. The second-order valence-electron chi connectivity index (χ2n) is 5.19. The maximum Gasteiger partial charge on any atom is 0.507 e. The van der Waals surface area contributed by atoms with E-state index in [-0.39, 0.29) is 0 Å². The summed E-state index contributed by atoms with van der Waals surface area (Å²) in [6.45, 7) is 8.77. The molecule has 17 heavy (non-hydrogen) atoms. The molecule has 0 saturated heterocycles. The Kier molecular flexibility index (Phi) is 8.24. The molecule has 2 radical (unpaired) electrons. The van der Waals surface area contributed by atoms with Crippen molar-refractivity contribution in [2.45, 2.75) is 45.5 Å². The number of rotatable bonds is 7. The molecule has 0 N–H and O–H groups in total. The van der Waals surface area contributed by atoms with Gasteiger partial charge in [0.25, 0.3) is 0 Å². The van der Waals surface area contributed by atoms with Crippen LogP contribution in [0.4, 0.5) is 4.79 Å². The average Bonchev–Trinajstić information content (AvgIpc) is 2.25. The maximum absolute atomic E-state index is 10.9. The van der Waals surface area contributed by atoms with Crippen molar-refractivity contribution in [3.63, 3.8) is 0 Å². The number of allylic oxidation sites excluding steroid dienone is 1. The minimum absolute atomic E-state index is 0.558. The lowest BCUT2D eigenvalue weighted by Crippen LogP contribution is -2.33. The third-order valence-electron chi connectivity index (χ3n) is 2.31. The van der Waals surface area contributed by atoms with E-state index in [1.165, 1.54) is 31.2 Å². The normalized spacial score (nSPS) is 10.9. The third kappa shape index (κ3) is 10.3. The lowest BCUT2D eigenvalue weighted by molar-refractivity contribution is 0.0849. The topological polar surface area (TPSA) is 35.5 Å². The Morgan fingerprint density at radius 1 is 1.35 bits per heavy atom. The summed E-state index contributed by atoms with van der Waals surface area (Å²) >= 11 is 0. The van der Waals surface area contributed by atoms with Crippen molar-refractivity contribution >= 4 is 23.7 Å². The van der Waals surface area contributed by atoms with Crippen LogP contribution in [0.5, 0.6) is 0 Å². The molecule has 0 aromatic rings. The predicted molar refractivity (Wildman–Crippen MR) is 75.3 cm³/mol. The highest BCUT2D eigenvalue weighted by Crippen LogP contribution is 2.14. The highest BCUT2D eigenvalue weighted by Gasteiger charge is 2.22. The van der Waals surface area contributed by atoms with E-state index in [0.29, 0.717) is 6.23 Å². The van der Waals surface area contributed by atoms with Gasteiger partial charge in [-0.15, -0.1) is 5.70 Å². The molecule has 0 aliphatic rings. The number of carbonyl (C=O) groups is 1. The van der Waals surface area contributed by atoms with E-state index >= 15 is 0 Å². The van der Waals surface area contributed by atoms with Gasteiger partial charge in [-0.1, -0.05) is 37.2 Å². The van der Waals surface area contributed by atoms with Crippen LogP contribution in [0.2, 0.25) is 25.2 Å². The monoisotopic (exact) mass is 272 g/mol. The summed E-state index contributed by atoms with van der Waals surface area (Å²) in [5, 5.41) is 0. The van der Waals surface area contributed by atoms with E-state index < -0.39 is 14.2 Å². The molecular formula is C12H24O3Si2. The van der Waals surface area contributed by atoms with Crippen molar-refractivity contribution in [3.8, 4) is 0 Å². The highest BCUT2D eigenvalue weighted by atomic mass is 28.3. The highest BCUT2D eigenvalue weighted by molar-refractivity contribution is 6.77. The van der Waals surface area contributed by atoms with E-state index in [2.05, 4.69) is 37.4 Å². The molecular weight excluding hydrogens is 248 g/mol. The van der Waals surface area contributed by atoms with Gasteiger partial charge in [-0.3, -0.25) is 0 Å². The van der Waals surface area contributed by atoms with Gasteiger partial charge in [0.1, 0.15) is 0 Å². The molecule has 0 aromatic heterocycles. The van der Waals surface area contributed by atoms with E-state index in [0.717, 1.165) is 9.52 Å². The fraction of sp³-hybridized carbons (Fsp3) is 0.750. The Balaban J connectivity index is 3.70. The maximum atomic E-state index is 10.9. The first-order valence-corrected chi connectivity index (χ1v) is 10.6. The quantitative estimate of drug-likeness (QED) is 0.404. The van der Waals surface area contributed by atoms with Gasteiger partial charge >= 0.3 is 6.16 Å². The Bertz CT molecular complexity index is 258. The number of ether oxygens (including phenoxy) is 2. The standard InChI is InChI=1S/C12H24O3Si2/c1-11(2)9-16-7-6-8-17(4,5)10-15-12(13)14-3/h9H,6-8,10H2,1-5H3. The predicted octanol–water partition coefficient (Wildman–Crippen LogP) is 3.45. The van der Waals surface area contributed by atoms with Crippen LogP contribution in [0.1, 0.15) is 20.3 Å². The zero-order valence-corrected chi connectivity index (χ0v) is 13.6. The molecule has 0 spiro atoms. The Morgan fingerprint density at radius 3 is 2.53 bits per heavy atom. The van der Waals surface area contributed by atoms with E-state index in [1.807, 2.05) is 0 Å². The van der Waals surface area contributed by atoms with E-state index in [4.69, 9.17) is 4.74 Å². The van der Waals surface area contributed by atoms with Gasteiger partial charge in [0.05, 0.1) is 30.9 Å². The van der Waals surface area contributed by atoms with Crippen molar-refractivity contribution in [1.82, 2.24) is 0 Å². The van der Waals surface area contributed by atoms with Crippen molar-refractivity contribution < 1.29 is 14.3 Å². The van der Waals surface area contributed by atoms with Gasteiger partial charge in [0.2, 0.25) is 0 Å². The first kappa shape index (κ1) is 16.4. The minimum Gasteiger partial charge on any atom is -0.438 e. The molecule has 0 bridgehead atoms. The Hall–Kier alpha value is -0.556. The zero-order valence-electron chi connectivity index (χ0n) is 11.6. The fourth-order valence-electron chi connectivity index (χ4n) is 1.33. The van der Waals surface area contributed by atoms with Crippen molar-refractivity contribution in [3.05, 3.63) is 11.3 Å². The summed E-state index contributed by atoms with van der Waals surface area (Å²) in [6.07, 6.45) is 1.23. The van der Waals surface area contributed by atoms with Crippen LogP contribution in [0.15, 0.2) is 11.3 Å². The summed E-state index contributed by atoms with van der Waals surface area (Å²) in [5.74, 6) is 0. The molecule has 5 heteroatoms. The van der Waals surface area contributed by atoms with Crippen molar-refractivity contribution in [2.75, 3.05) is 13.3 Å². The van der Waals surface area contributed by atoms with Gasteiger partial charge in [0.15, 0.2) is 0 Å². The van der Waals surface area contributed by atoms with Gasteiger partial charge in [-0.25, -0.2) is 4.79 Å². The molecule has 0 saturated carbocycles. The number of hydrogen-bond acceptors (Lipinski definition) is 3. The van der Waals surface area contributed by atoms with Crippen LogP contribution < -0.4 is 0 Å². The molecule has 0 aliphatic heterocycles. The first-order chi connectivity index (χ1) is 7.87. The molecule has 0 aromatic carbocycles. The van der Waals surface area contributed by atoms with E-state index in [1.54, 1.807) is 0 Å². The van der Waals surface area contributed by atoms with Gasteiger partial charge < -0.3 is 9.47 Å². The third-order valence-corrected chi connectivity index (χ3v) is 6.37. The SMILES string of the molecule is COC(=O)OC[Si](C)(C)CCC[Si]C=C(C)C. The second kappa shape index (κ2) is 8.52. The molecule has 3 nitrogen and oxygen atoms in total. The number of hydrogen-bond donors (Lipinski definition) is 0. The van der Waals surface area contributed by atoms with Crippen LogP contribution in [-0.4, -0.2) is 37.1 Å². The van der Waals surface area contributed by atoms with Crippen LogP contribution in [0.25, 0.3) is 0 Å². The van der Waals surface area contributed by atoms with Gasteiger partial charge in [-0.2, -0.15) is 0 Å². The zero-order chi connectivity index (χ0) is 13.3. The lowest BCUT2D eigenvalue weighted by Gasteiger charge is -2.20. The number of methoxy groups -OCH3 is 1. The summed E-state index contributed by atoms with van der Waals surface area (Å²) < 4.78 is 9.51. The summed E-state index contributed by atoms with van der Waals surface area (Å²) in [5.41, 5.74) is 3.70. The molecule has 0 amide bonds. The molecule has 0 rings (SSSR count). The molecule has 0 aliphatic carbocycles. The fourth-order valence-corrected chi connectivity index (χ4v) is 4.40. The summed E-state index contributed by atoms with van der Waals surface area (Å²) in [7, 11) is 0.869. The van der Waals surface area contributed by atoms with Crippen LogP contribution >= 0.6 is 0 Å². The van der Waals surface area contributed by atoms with Crippen LogP contribution in [0.3, 0.4) is 0 Å². The smallest absolute Gasteiger partial charge is 0.438 e. The van der Waals surface area contributed by atoms with E-state index in [9.17, 15) is 4.79 Å². The van der Waals surface area contributed by atoms with Gasteiger partial charge in [0, 0.05) is 0 Å². The summed E-state index contributed by atoms with van der Waals surface area (Å²) in [4.78, 5) is 10.9. The Morgan fingerprint density at radius 2 is 2.00 bits per heavy atom. The Labute approximate surface area is 108 Å². The number of carbonyl (C=O) groups excluding carboxylic acids is 1. The molecule has 0 heterocycles. The molecule has 98 valence electrons.